The van der Waals surface area contributed by atoms with Crippen LogP contribution >= 0.6 is 11.6 Å². The smallest absolute Gasteiger partial charge is 0.158 e. The lowest BCUT2D eigenvalue weighted by Crippen LogP contribution is -1.94. The molecule has 0 amide bonds. The first-order valence-corrected chi connectivity index (χ1v) is 5.31. The Morgan fingerprint density at radius 2 is 2.00 bits per heavy atom. The number of hydrogen-bond acceptors (Lipinski definition) is 6. The third-order valence-electron chi connectivity index (χ3n) is 2.03. The van der Waals surface area contributed by atoms with E-state index in [1.54, 1.807) is 6.07 Å². The summed E-state index contributed by atoms with van der Waals surface area (Å²) in [6.45, 7) is 0. The van der Waals surface area contributed by atoms with Crippen molar-refractivity contribution in [1.29, 1.82) is 0 Å². The first-order valence-electron chi connectivity index (χ1n) is 4.94. The van der Waals surface area contributed by atoms with Crippen LogP contribution in [0.1, 0.15) is 5.56 Å². The lowest BCUT2D eigenvalue weighted by Gasteiger charge is -2.00. The summed E-state index contributed by atoms with van der Waals surface area (Å²) < 4.78 is 0. The molecule has 3 N–H and O–H groups in total. The summed E-state index contributed by atoms with van der Waals surface area (Å²) in [7, 11) is 0. The van der Waals surface area contributed by atoms with E-state index in [9.17, 15) is 5.11 Å². The van der Waals surface area contributed by atoms with Crippen molar-refractivity contribution >= 4 is 23.6 Å². The van der Waals surface area contributed by atoms with E-state index in [1.807, 2.05) is 0 Å². The van der Waals surface area contributed by atoms with Crippen LogP contribution in [-0.2, 0) is 0 Å². The Bertz CT molecular complexity index is 589. The van der Waals surface area contributed by atoms with Gasteiger partial charge in [0.25, 0.3) is 0 Å². The van der Waals surface area contributed by atoms with E-state index < -0.39 is 0 Å². The quantitative estimate of drug-likeness (QED) is 0.341. The molecule has 1 aromatic carbocycles. The number of aromatic nitrogens is 2. The molecule has 92 valence electrons. The maximum atomic E-state index is 9.28. The molecule has 7 heteroatoms. The van der Waals surface area contributed by atoms with Gasteiger partial charge in [-0.1, -0.05) is 11.6 Å². The third kappa shape index (κ3) is 3.08. The Hall–Kier alpha value is -2.34. The van der Waals surface area contributed by atoms with Crippen LogP contribution in [0.3, 0.4) is 0 Å². The highest BCUT2D eigenvalue weighted by atomic mass is 35.5. The first-order chi connectivity index (χ1) is 8.65. The molecule has 2 rings (SSSR count). The fourth-order valence-electron chi connectivity index (χ4n) is 1.19. The van der Waals surface area contributed by atoms with Gasteiger partial charge in [-0.15, -0.1) is 0 Å². The van der Waals surface area contributed by atoms with Crippen molar-refractivity contribution in [2.75, 3.05) is 5.43 Å². The maximum Gasteiger partial charge on any atom is 0.158 e. The number of phenols is 2. The van der Waals surface area contributed by atoms with E-state index in [4.69, 9.17) is 16.7 Å². The molecule has 18 heavy (non-hydrogen) atoms. The van der Waals surface area contributed by atoms with Crippen LogP contribution in [0.5, 0.6) is 11.5 Å². The minimum atomic E-state index is -0.205. The summed E-state index contributed by atoms with van der Waals surface area (Å²) in [5.41, 5.74) is 3.28. The summed E-state index contributed by atoms with van der Waals surface area (Å²) in [6, 6.07) is 5.88. The lowest BCUT2D eigenvalue weighted by molar-refractivity contribution is 0.403. The summed E-state index contributed by atoms with van der Waals surface area (Å²) in [4.78, 5) is 7.62. The van der Waals surface area contributed by atoms with E-state index in [2.05, 4.69) is 20.5 Å². The average Bonchev–Trinajstić information content (AvgIpc) is 2.34. The molecule has 1 heterocycles. The van der Waals surface area contributed by atoms with Gasteiger partial charge in [0.05, 0.1) is 6.21 Å². The van der Waals surface area contributed by atoms with E-state index in [0.717, 1.165) is 0 Å². The van der Waals surface area contributed by atoms with Crippen LogP contribution in [0, 0.1) is 0 Å². The predicted molar refractivity (Wildman–Crippen MR) is 68.0 cm³/mol. The molecule has 0 atom stereocenters. The number of rotatable bonds is 3. The second-order valence-corrected chi connectivity index (χ2v) is 3.73. The fraction of sp³-hybridized carbons (Fsp3) is 0. The van der Waals surface area contributed by atoms with Gasteiger partial charge in [-0.2, -0.15) is 5.10 Å². The van der Waals surface area contributed by atoms with E-state index in [1.165, 1.54) is 30.7 Å². The molecule has 0 spiro atoms. The van der Waals surface area contributed by atoms with Crippen LogP contribution in [0.15, 0.2) is 35.7 Å². The Morgan fingerprint density at radius 1 is 1.17 bits per heavy atom. The van der Waals surface area contributed by atoms with Gasteiger partial charge in [-0.05, 0) is 23.8 Å². The zero-order chi connectivity index (χ0) is 13.0. The van der Waals surface area contributed by atoms with Crippen molar-refractivity contribution in [2.24, 2.45) is 5.10 Å². The highest BCUT2D eigenvalue weighted by Gasteiger charge is 1.98. The van der Waals surface area contributed by atoms with Crippen molar-refractivity contribution in [3.05, 3.63) is 41.3 Å². The zero-order valence-electron chi connectivity index (χ0n) is 9.08. The molecule has 6 nitrogen and oxygen atoms in total. The minimum Gasteiger partial charge on any atom is -0.504 e. The van der Waals surface area contributed by atoms with Gasteiger partial charge in [0.1, 0.15) is 11.5 Å². The molecular formula is C11H9ClN4O2. The highest BCUT2D eigenvalue weighted by molar-refractivity contribution is 6.29. The van der Waals surface area contributed by atoms with Gasteiger partial charge in [-0.3, -0.25) is 5.43 Å². The van der Waals surface area contributed by atoms with Crippen molar-refractivity contribution in [2.45, 2.75) is 0 Å². The number of nitrogens with one attached hydrogen (secondary N) is 1. The normalized spacial score (nSPS) is 10.7. The molecule has 0 aliphatic carbocycles. The van der Waals surface area contributed by atoms with Gasteiger partial charge < -0.3 is 10.2 Å². The van der Waals surface area contributed by atoms with Crippen LogP contribution in [-0.4, -0.2) is 26.4 Å². The van der Waals surface area contributed by atoms with Crippen LogP contribution in [0.25, 0.3) is 0 Å². The number of benzene rings is 1. The molecule has 0 aliphatic rings. The number of halogens is 1. The van der Waals surface area contributed by atoms with Crippen molar-refractivity contribution < 1.29 is 10.2 Å². The Morgan fingerprint density at radius 3 is 2.72 bits per heavy atom. The average molecular weight is 265 g/mol. The molecule has 0 bridgehead atoms. The van der Waals surface area contributed by atoms with Gasteiger partial charge >= 0.3 is 0 Å². The van der Waals surface area contributed by atoms with Crippen molar-refractivity contribution in [1.82, 2.24) is 9.97 Å². The minimum absolute atomic E-state index is 0.178. The summed E-state index contributed by atoms with van der Waals surface area (Å²) in [6.07, 6.45) is 2.78. The Kier molecular flexibility index (Phi) is 3.59. The third-order valence-corrected chi connectivity index (χ3v) is 2.23. The number of anilines is 1. The molecule has 0 unspecified atom stereocenters. The molecule has 2 aromatic rings. The van der Waals surface area contributed by atoms with Gasteiger partial charge in [0.15, 0.2) is 17.3 Å². The summed E-state index contributed by atoms with van der Waals surface area (Å²) in [5, 5.41) is 22.6. The summed E-state index contributed by atoms with van der Waals surface area (Å²) >= 11 is 5.68. The Labute approximate surface area is 108 Å². The number of hydrogen-bond donors (Lipinski definition) is 3. The second-order valence-electron chi connectivity index (χ2n) is 3.34. The lowest BCUT2D eigenvalue weighted by atomic mass is 10.2. The number of aromatic hydroxyl groups is 2. The Balaban J connectivity index is 2.05. The van der Waals surface area contributed by atoms with Crippen molar-refractivity contribution in [3.8, 4) is 11.5 Å². The van der Waals surface area contributed by atoms with E-state index >= 15 is 0 Å². The number of nitrogens with zero attached hydrogens (tertiary/aromatic N) is 3. The summed E-state index contributed by atoms with van der Waals surface area (Å²) in [5.74, 6) is 0.0703. The molecule has 0 fully saturated rings. The highest BCUT2D eigenvalue weighted by Crippen LogP contribution is 2.23. The zero-order valence-corrected chi connectivity index (χ0v) is 9.83. The standard InChI is InChI=1S/C11H9ClN4O2/c12-10-4-11(14-6-13-10)16-15-5-7-1-2-8(17)9(18)3-7/h1-6,17-18H,(H,13,14,16). The molecule has 0 saturated carbocycles. The molecule has 0 aliphatic heterocycles. The van der Waals surface area contributed by atoms with Crippen LogP contribution < -0.4 is 5.43 Å². The van der Waals surface area contributed by atoms with E-state index in [-0.39, 0.29) is 11.5 Å². The molecular weight excluding hydrogens is 256 g/mol. The van der Waals surface area contributed by atoms with Crippen LogP contribution in [0.4, 0.5) is 5.82 Å². The monoisotopic (exact) mass is 264 g/mol. The van der Waals surface area contributed by atoms with Crippen molar-refractivity contribution in [3.63, 3.8) is 0 Å². The maximum absolute atomic E-state index is 9.28. The topological polar surface area (TPSA) is 90.6 Å². The largest absolute Gasteiger partial charge is 0.504 e. The SMILES string of the molecule is Oc1ccc(C=NNc2cc(Cl)ncn2)cc1O. The second kappa shape index (κ2) is 5.33. The van der Waals surface area contributed by atoms with Crippen LogP contribution in [0.2, 0.25) is 5.15 Å². The number of phenolic OH excluding ortho intramolecular Hbond substituents is 2. The first kappa shape index (κ1) is 12.1. The predicted octanol–water partition coefficient (Wildman–Crippen LogP) is 1.99. The van der Waals surface area contributed by atoms with Gasteiger partial charge in [0, 0.05) is 6.07 Å². The van der Waals surface area contributed by atoms with Gasteiger partial charge in [-0.25, -0.2) is 9.97 Å². The molecule has 0 saturated heterocycles. The van der Waals surface area contributed by atoms with Gasteiger partial charge in [0.2, 0.25) is 0 Å². The number of hydrazone groups is 1. The van der Waals surface area contributed by atoms with E-state index in [0.29, 0.717) is 16.5 Å². The molecule has 0 radical (unpaired) electrons. The fourth-order valence-corrected chi connectivity index (χ4v) is 1.34. The molecule has 1 aromatic heterocycles.